The number of rotatable bonds is 7. The summed E-state index contributed by atoms with van der Waals surface area (Å²) in [4.78, 5) is 24.9. The van der Waals surface area contributed by atoms with Crippen LogP contribution in [0.2, 0.25) is 0 Å². The number of pyridine rings is 1. The number of nitrogens with one attached hydrogen (secondary N) is 1. The molecule has 0 aliphatic heterocycles. The Balaban J connectivity index is 3.10. The first-order valence-electron chi connectivity index (χ1n) is 6.12. The predicted octanol–water partition coefficient (Wildman–Crippen LogP) is 1.51. The molecule has 8 nitrogen and oxygen atoms in total. The Morgan fingerprint density at radius 1 is 1.55 bits per heavy atom. The summed E-state index contributed by atoms with van der Waals surface area (Å²) in [6.45, 7) is 3.76. The minimum Gasteiger partial charge on any atom is -0.478 e. The van der Waals surface area contributed by atoms with Crippen molar-refractivity contribution in [3.8, 4) is 0 Å². The van der Waals surface area contributed by atoms with Crippen LogP contribution in [-0.2, 0) is 0 Å². The van der Waals surface area contributed by atoms with Crippen LogP contribution < -0.4 is 5.32 Å². The average molecular weight is 283 g/mol. The van der Waals surface area contributed by atoms with E-state index in [1.807, 2.05) is 13.8 Å². The molecule has 8 heteroatoms. The summed E-state index contributed by atoms with van der Waals surface area (Å²) in [6, 6.07) is 0.774. The van der Waals surface area contributed by atoms with Gasteiger partial charge in [-0.25, -0.2) is 9.78 Å². The van der Waals surface area contributed by atoms with Crippen LogP contribution in [0.15, 0.2) is 12.3 Å². The van der Waals surface area contributed by atoms with Crippen LogP contribution in [0.4, 0.5) is 11.5 Å². The average Bonchev–Trinajstić information content (AvgIpc) is 2.37. The van der Waals surface area contributed by atoms with Crippen molar-refractivity contribution in [2.45, 2.75) is 26.3 Å². The highest BCUT2D eigenvalue weighted by Gasteiger charge is 2.22. The number of aliphatic hydroxyl groups is 1. The lowest BCUT2D eigenvalue weighted by atomic mass is 10.0. The molecule has 20 heavy (non-hydrogen) atoms. The Morgan fingerprint density at radius 3 is 2.65 bits per heavy atom. The van der Waals surface area contributed by atoms with Crippen molar-refractivity contribution in [2.75, 3.05) is 11.9 Å². The van der Waals surface area contributed by atoms with Crippen molar-refractivity contribution in [1.82, 2.24) is 4.98 Å². The van der Waals surface area contributed by atoms with Gasteiger partial charge in [0.15, 0.2) is 0 Å². The second kappa shape index (κ2) is 6.80. The standard InChI is InChI=1S/C12H17N3O5/c1-7(2)9(3-4-16)14-11-10(15(19)20)5-8(6-13-11)12(17)18/h5-7,9,16H,3-4H2,1-2H3,(H,13,14)(H,17,18). The zero-order chi connectivity index (χ0) is 15.3. The Kier molecular flexibility index (Phi) is 5.39. The summed E-state index contributed by atoms with van der Waals surface area (Å²) in [7, 11) is 0. The number of aromatic carboxylic acids is 1. The molecule has 1 rings (SSSR count). The molecule has 1 atom stereocenters. The number of hydrogen-bond donors (Lipinski definition) is 3. The van der Waals surface area contributed by atoms with Crippen molar-refractivity contribution in [2.24, 2.45) is 5.92 Å². The third-order valence-electron chi connectivity index (χ3n) is 2.88. The number of carboxylic acids is 1. The van der Waals surface area contributed by atoms with Crippen LogP contribution in [0, 0.1) is 16.0 Å². The molecule has 0 aliphatic carbocycles. The number of aliphatic hydroxyl groups excluding tert-OH is 1. The number of aromatic nitrogens is 1. The third kappa shape index (κ3) is 3.89. The summed E-state index contributed by atoms with van der Waals surface area (Å²) in [5.74, 6) is -1.14. The predicted molar refractivity (Wildman–Crippen MR) is 71.8 cm³/mol. The van der Waals surface area contributed by atoms with Gasteiger partial charge in [0.25, 0.3) is 0 Å². The smallest absolute Gasteiger partial charge is 0.337 e. The molecule has 0 aromatic carbocycles. The van der Waals surface area contributed by atoms with E-state index >= 15 is 0 Å². The number of nitrogens with zero attached hydrogens (tertiary/aromatic N) is 2. The van der Waals surface area contributed by atoms with Gasteiger partial charge in [0, 0.05) is 24.9 Å². The zero-order valence-electron chi connectivity index (χ0n) is 11.2. The largest absolute Gasteiger partial charge is 0.478 e. The molecule has 1 unspecified atom stereocenters. The summed E-state index contributed by atoms with van der Waals surface area (Å²) >= 11 is 0. The van der Waals surface area contributed by atoms with Crippen molar-refractivity contribution < 1.29 is 19.9 Å². The second-order valence-corrected chi connectivity index (χ2v) is 4.66. The van der Waals surface area contributed by atoms with E-state index in [0.29, 0.717) is 6.42 Å². The first kappa shape index (κ1) is 15.8. The molecule has 110 valence electrons. The number of anilines is 1. The maximum Gasteiger partial charge on any atom is 0.337 e. The molecular formula is C12H17N3O5. The minimum absolute atomic E-state index is 0.00662. The molecule has 0 radical (unpaired) electrons. The van der Waals surface area contributed by atoms with Crippen LogP contribution in [0.3, 0.4) is 0 Å². The highest BCUT2D eigenvalue weighted by Crippen LogP contribution is 2.25. The normalized spacial score (nSPS) is 12.2. The van der Waals surface area contributed by atoms with Crippen LogP contribution >= 0.6 is 0 Å². The van der Waals surface area contributed by atoms with Gasteiger partial charge in [-0.15, -0.1) is 0 Å². The maximum atomic E-state index is 11.0. The number of hydrogen-bond acceptors (Lipinski definition) is 6. The Labute approximate surface area is 115 Å². The first-order chi connectivity index (χ1) is 9.36. The van der Waals surface area contributed by atoms with Crippen LogP contribution in [-0.4, -0.2) is 38.7 Å². The maximum absolute atomic E-state index is 11.0. The number of nitro groups is 1. The number of carboxylic acid groups (broad SMARTS) is 1. The molecule has 0 fully saturated rings. The minimum atomic E-state index is -1.28. The molecule has 0 saturated heterocycles. The fourth-order valence-electron chi connectivity index (χ4n) is 1.71. The van der Waals surface area contributed by atoms with Crippen LogP contribution in [0.1, 0.15) is 30.6 Å². The van der Waals surface area contributed by atoms with E-state index in [0.717, 1.165) is 12.3 Å². The summed E-state index contributed by atoms with van der Waals surface area (Å²) in [6.07, 6.45) is 1.48. The van der Waals surface area contributed by atoms with Crippen LogP contribution in [0.5, 0.6) is 0 Å². The lowest BCUT2D eigenvalue weighted by molar-refractivity contribution is -0.384. The molecule has 0 amide bonds. The lowest BCUT2D eigenvalue weighted by Gasteiger charge is -2.21. The van der Waals surface area contributed by atoms with Gasteiger partial charge in [0.1, 0.15) is 0 Å². The van der Waals surface area contributed by atoms with E-state index in [2.05, 4.69) is 10.3 Å². The SMILES string of the molecule is CC(C)C(CCO)Nc1ncc(C(=O)O)cc1[N+](=O)[O-]. The Bertz CT molecular complexity index is 504. The fourth-order valence-corrected chi connectivity index (χ4v) is 1.71. The van der Waals surface area contributed by atoms with Gasteiger partial charge in [0.2, 0.25) is 5.82 Å². The first-order valence-corrected chi connectivity index (χ1v) is 6.12. The molecule has 1 aromatic rings. The molecule has 0 aliphatic rings. The second-order valence-electron chi connectivity index (χ2n) is 4.66. The van der Waals surface area contributed by atoms with Gasteiger partial charge >= 0.3 is 11.7 Å². The molecule has 0 saturated carbocycles. The van der Waals surface area contributed by atoms with E-state index in [1.165, 1.54) is 0 Å². The van der Waals surface area contributed by atoms with E-state index < -0.39 is 16.6 Å². The van der Waals surface area contributed by atoms with Crippen LogP contribution in [0.25, 0.3) is 0 Å². The molecule has 3 N–H and O–H groups in total. The fraction of sp³-hybridized carbons (Fsp3) is 0.500. The molecule has 1 aromatic heterocycles. The van der Waals surface area contributed by atoms with Gasteiger partial charge in [-0.3, -0.25) is 10.1 Å². The molecule has 0 bridgehead atoms. The Hall–Kier alpha value is -2.22. The van der Waals surface area contributed by atoms with Gasteiger partial charge in [-0.2, -0.15) is 0 Å². The van der Waals surface area contributed by atoms with Crippen molar-refractivity contribution in [1.29, 1.82) is 0 Å². The topological polar surface area (TPSA) is 126 Å². The third-order valence-corrected chi connectivity index (χ3v) is 2.88. The number of carbonyl (C=O) groups is 1. The van der Waals surface area contributed by atoms with Gasteiger partial charge in [-0.1, -0.05) is 13.8 Å². The Morgan fingerprint density at radius 2 is 2.20 bits per heavy atom. The quantitative estimate of drug-likeness (QED) is 0.511. The van der Waals surface area contributed by atoms with Gasteiger partial charge in [-0.05, 0) is 12.3 Å². The summed E-state index contributed by atoms with van der Waals surface area (Å²) < 4.78 is 0. The molecule has 0 spiro atoms. The van der Waals surface area contributed by atoms with E-state index in [1.54, 1.807) is 0 Å². The van der Waals surface area contributed by atoms with Crippen molar-refractivity contribution >= 4 is 17.5 Å². The van der Waals surface area contributed by atoms with E-state index in [4.69, 9.17) is 10.2 Å². The van der Waals surface area contributed by atoms with E-state index in [-0.39, 0.29) is 29.9 Å². The molecular weight excluding hydrogens is 266 g/mol. The summed E-state index contributed by atoms with van der Waals surface area (Å²) in [5.41, 5.74) is -0.640. The molecule has 1 heterocycles. The van der Waals surface area contributed by atoms with Crippen molar-refractivity contribution in [3.05, 3.63) is 27.9 Å². The monoisotopic (exact) mass is 283 g/mol. The van der Waals surface area contributed by atoms with E-state index in [9.17, 15) is 14.9 Å². The highest BCUT2D eigenvalue weighted by atomic mass is 16.6. The zero-order valence-corrected chi connectivity index (χ0v) is 11.2. The van der Waals surface area contributed by atoms with Crippen molar-refractivity contribution in [3.63, 3.8) is 0 Å². The lowest BCUT2D eigenvalue weighted by Crippen LogP contribution is -2.27. The summed E-state index contributed by atoms with van der Waals surface area (Å²) in [5, 5.41) is 31.7. The van der Waals surface area contributed by atoms with Gasteiger partial charge in [0.05, 0.1) is 10.5 Å². The van der Waals surface area contributed by atoms with Gasteiger partial charge < -0.3 is 15.5 Å². The highest BCUT2D eigenvalue weighted by molar-refractivity contribution is 5.88.